The maximum absolute atomic E-state index is 13.0. The Morgan fingerprint density at radius 3 is 2.55 bits per heavy atom. The lowest BCUT2D eigenvalue weighted by Crippen LogP contribution is -2.32. The highest BCUT2D eigenvalue weighted by Crippen LogP contribution is 2.25. The van der Waals surface area contributed by atoms with Crippen molar-refractivity contribution in [1.82, 2.24) is 0 Å². The molecule has 0 spiro atoms. The van der Waals surface area contributed by atoms with Crippen molar-refractivity contribution in [2.75, 3.05) is 10.6 Å². The second-order valence-corrected chi connectivity index (χ2v) is 5.71. The molecule has 3 nitrogen and oxygen atoms in total. The van der Waals surface area contributed by atoms with Gasteiger partial charge in [0.2, 0.25) is 5.91 Å². The number of carbonyl (C=O) groups excluding carboxylic acids is 1. The van der Waals surface area contributed by atoms with Crippen LogP contribution in [0, 0.1) is 12.7 Å². The molecule has 2 aromatic rings. The van der Waals surface area contributed by atoms with E-state index in [-0.39, 0.29) is 10.9 Å². The largest absolute Gasteiger partial charge is 0.374 e. The molecule has 0 fully saturated rings. The fourth-order valence-electron chi connectivity index (χ4n) is 1.89. The van der Waals surface area contributed by atoms with Crippen molar-refractivity contribution in [3.63, 3.8) is 0 Å². The van der Waals surface area contributed by atoms with E-state index in [4.69, 9.17) is 23.2 Å². The molecule has 2 aromatic carbocycles. The van der Waals surface area contributed by atoms with Crippen molar-refractivity contribution in [1.29, 1.82) is 0 Å². The van der Waals surface area contributed by atoms with Gasteiger partial charge in [0.15, 0.2) is 0 Å². The van der Waals surface area contributed by atoms with E-state index in [1.807, 2.05) is 13.0 Å². The van der Waals surface area contributed by atoms with Crippen molar-refractivity contribution in [3.05, 3.63) is 57.8 Å². The predicted octanol–water partition coefficient (Wildman–Crippen LogP) is 4.88. The van der Waals surface area contributed by atoms with Crippen LogP contribution in [0.15, 0.2) is 36.4 Å². The van der Waals surface area contributed by atoms with E-state index in [9.17, 15) is 9.18 Å². The molecule has 0 bridgehead atoms. The number of rotatable bonds is 4. The van der Waals surface area contributed by atoms with Gasteiger partial charge in [-0.3, -0.25) is 4.79 Å². The Balaban J connectivity index is 2.07. The lowest BCUT2D eigenvalue weighted by Gasteiger charge is -2.17. The Bertz CT molecular complexity index is 707. The minimum atomic E-state index is -0.515. The van der Waals surface area contributed by atoms with Gasteiger partial charge in [-0.2, -0.15) is 0 Å². The Morgan fingerprint density at radius 1 is 1.14 bits per heavy atom. The molecule has 0 unspecified atom stereocenters. The smallest absolute Gasteiger partial charge is 0.246 e. The van der Waals surface area contributed by atoms with Gasteiger partial charge in [0, 0.05) is 10.7 Å². The summed E-state index contributed by atoms with van der Waals surface area (Å²) >= 11 is 11.9. The third-order valence-corrected chi connectivity index (χ3v) is 3.94. The lowest BCUT2D eigenvalue weighted by molar-refractivity contribution is -0.116. The zero-order valence-electron chi connectivity index (χ0n) is 12.1. The summed E-state index contributed by atoms with van der Waals surface area (Å²) in [4.78, 5) is 12.2. The van der Waals surface area contributed by atoms with Crippen LogP contribution < -0.4 is 10.6 Å². The topological polar surface area (TPSA) is 41.1 Å². The first-order valence-corrected chi connectivity index (χ1v) is 7.41. The maximum atomic E-state index is 13.0. The first-order chi connectivity index (χ1) is 10.4. The summed E-state index contributed by atoms with van der Waals surface area (Å²) in [5.41, 5.74) is 2.01. The Morgan fingerprint density at radius 2 is 1.86 bits per heavy atom. The van der Waals surface area contributed by atoms with E-state index in [1.54, 1.807) is 19.1 Å². The van der Waals surface area contributed by atoms with Gasteiger partial charge in [0.1, 0.15) is 11.9 Å². The molecule has 0 aliphatic heterocycles. The van der Waals surface area contributed by atoms with Gasteiger partial charge in [0.25, 0.3) is 0 Å². The summed E-state index contributed by atoms with van der Waals surface area (Å²) in [6.07, 6.45) is 0. The van der Waals surface area contributed by atoms with E-state index in [0.717, 1.165) is 17.3 Å². The van der Waals surface area contributed by atoms with Crippen molar-refractivity contribution >= 4 is 40.5 Å². The lowest BCUT2D eigenvalue weighted by atomic mass is 10.1. The fraction of sp³-hybridized carbons (Fsp3) is 0.188. The summed E-state index contributed by atoms with van der Waals surface area (Å²) in [5.74, 6) is -0.739. The minimum Gasteiger partial charge on any atom is -0.374 e. The molecular formula is C16H15Cl2FN2O. The van der Waals surface area contributed by atoms with Crippen LogP contribution in [-0.2, 0) is 4.79 Å². The third-order valence-electron chi connectivity index (χ3n) is 3.22. The van der Waals surface area contributed by atoms with Gasteiger partial charge in [-0.05, 0) is 49.7 Å². The molecule has 0 saturated carbocycles. The maximum Gasteiger partial charge on any atom is 0.246 e. The zero-order valence-corrected chi connectivity index (χ0v) is 13.6. The van der Waals surface area contributed by atoms with E-state index < -0.39 is 11.9 Å². The molecule has 0 heterocycles. The Hall–Kier alpha value is -1.78. The molecule has 0 aromatic heterocycles. The van der Waals surface area contributed by atoms with Crippen LogP contribution >= 0.6 is 23.2 Å². The average Bonchev–Trinajstić information content (AvgIpc) is 2.46. The number of hydrogen-bond acceptors (Lipinski definition) is 2. The number of anilines is 2. The molecule has 116 valence electrons. The Labute approximate surface area is 138 Å². The standard InChI is InChI=1S/C16H15Cl2FN2O/c1-9-12(17)4-3-5-14(9)20-10(2)16(22)21-15-7-6-11(19)8-13(15)18/h3-8,10,20H,1-2H3,(H,21,22)/t10-/m0/s1. The number of nitrogens with one attached hydrogen (secondary N) is 2. The minimum absolute atomic E-state index is 0.152. The Kier molecular flexibility index (Phi) is 5.27. The SMILES string of the molecule is Cc1c(Cl)cccc1N[C@@H](C)C(=O)Nc1ccc(F)cc1Cl. The molecular weight excluding hydrogens is 326 g/mol. The molecule has 0 saturated heterocycles. The zero-order chi connectivity index (χ0) is 16.3. The number of hydrogen-bond donors (Lipinski definition) is 2. The van der Waals surface area contributed by atoms with Gasteiger partial charge in [-0.1, -0.05) is 29.3 Å². The van der Waals surface area contributed by atoms with E-state index >= 15 is 0 Å². The highest BCUT2D eigenvalue weighted by Gasteiger charge is 2.15. The summed E-state index contributed by atoms with van der Waals surface area (Å²) in [5, 5.41) is 6.52. The predicted molar refractivity (Wildman–Crippen MR) is 89.3 cm³/mol. The molecule has 0 aliphatic carbocycles. The molecule has 0 aliphatic rings. The van der Waals surface area contributed by atoms with Crippen LogP contribution in [0.2, 0.25) is 10.0 Å². The summed E-state index contributed by atoms with van der Waals surface area (Å²) in [6.45, 7) is 3.58. The molecule has 2 N–H and O–H groups in total. The van der Waals surface area contributed by atoms with Crippen LogP contribution in [0.5, 0.6) is 0 Å². The summed E-state index contributed by atoms with van der Waals surface area (Å²) < 4.78 is 13.0. The van der Waals surface area contributed by atoms with E-state index in [1.165, 1.54) is 12.1 Å². The van der Waals surface area contributed by atoms with Crippen molar-refractivity contribution < 1.29 is 9.18 Å². The average molecular weight is 341 g/mol. The van der Waals surface area contributed by atoms with Gasteiger partial charge in [-0.15, -0.1) is 0 Å². The van der Waals surface area contributed by atoms with Crippen molar-refractivity contribution in [3.8, 4) is 0 Å². The van der Waals surface area contributed by atoms with Crippen LogP contribution in [0.3, 0.4) is 0 Å². The molecule has 1 atom stereocenters. The normalized spacial score (nSPS) is 11.9. The molecule has 6 heteroatoms. The van der Waals surface area contributed by atoms with Crippen LogP contribution in [0.1, 0.15) is 12.5 Å². The molecule has 0 radical (unpaired) electrons. The van der Waals surface area contributed by atoms with Crippen molar-refractivity contribution in [2.45, 2.75) is 19.9 Å². The molecule has 1 amide bonds. The number of carbonyl (C=O) groups is 1. The number of benzene rings is 2. The fourth-order valence-corrected chi connectivity index (χ4v) is 2.28. The van der Waals surface area contributed by atoms with Gasteiger partial charge >= 0.3 is 0 Å². The van der Waals surface area contributed by atoms with Crippen LogP contribution in [0.25, 0.3) is 0 Å². The second kappa shape index (κ2) is 6.99. The van der Waals surface area contributed by atoms with Gasteiger partial charge in [-0.25, -0.2) is 4.39 Å². The first-order valence-electron chi connectivity index (χ1n) is 6.66. The second-order valence-electron chi connectivity index (χ2n) is 4.89. The highest BCUT2D eigenvalue weighted by atomic mass is 35.5. The van der Waals surface area contributed by atoms with E-state index in [2.05, 4.69) is 10.6 Å². The number of halogens is 3. The summed E-state index contributed by atoms with van der Waals surface area (Å²) in [7, 11) is 0. The molecule has 2 rings (SSSR count). The third kappa shape index (κ3) is 3.90. The first kappa shape index (κ1) is 16.6. The monoisotopic (exact) mass is 340 g/mol. The highest BCUT2D eigenvalue weighted by molar-refractivity contribution is 6.33. The van der Waals surface area contributed by atoms with Gasteiger partial charge < -0.3 is 10.6 Å². The van der Waals surface area contributed by atoms with E-state index in [0.29, 0.717) is 10.7 Å². The van der Waals surface area contributed by atoms with Gasteiger partial charge in [0.05, 0.1) is 10.7 Å². The van der Waals surface area contributed by atoms with Crippen molar-refractivity contribution in [2.24, 2.45) is 0 Å². The summed E-state index contributed by atoms with van der Waals surface area (Å²) in [6, 6.07) is 8.72. The number of amides is 1. The van der Waals surface area contributed by atoms with Crippen LogP contribution in [-0.4, -0.2) is 11.9 Å². The van der Waals surface area contributed by atoms with Crippen LogP contribution in [0.4, 0.5) is 15.8 Å². The molecule has 22 heavy (non-hydrogen) atoms. The quantitative estimate of drug-likeness (QED) is 0.832.